The predicted molar refractivity (Wildman–Crippen MR) is 96.4 cm³/mol. The summed E-state index contributed by atoms with van der Waals surface area (Å²) >= 11 is 11.6. The van der Waals surface area contributed by atoms with Crippen molar-refractivity contribution in [2.24, 2.45) is 0 Å². The minimum Gasteiger partial charge on any atom is -0.398 e. The molecule has 0 unspecified atom stereocenters. The lowest BCUT2D eigenvalue weighted by Gasteiger charge is -2.09. The minimum absolute atomic E-state index is 0.260. The molecular formula is C16H16Cl2N4O2. The molecule has 0 saturated carbocycles. The first-order valence-corrected chi connectivity index (χ1v) is 7.80. The molecule has 0 aliphatic rings. The minimum atomic E-state index is -0.302. The van der Waals surface area contributed by atoms with Gasteiger partial charge >= 0.3 is 0 Å². The second-order valence-corrected chi connectivity index (χ2v) is 5.80. The Hall–Kier alpha value is -2.44. The highest BCUT2D eigenvalue weighted by atomic mass is 35.5. The molecule has 0 aliphatic carbocycles. The highest BCUT2D eigenvalue weighted by Gasteiger charge is 2.09. The van der Waals surface area contributed by atoms with Crippen molar-refractivity contribution in [1.29, 1.82) is 0 Å². The second-order valence-electron chi connectivity index (χ2n) is 4.98. The van der Waals surface area contributed by atoms with Gasteiger partial charge in [0.05, 0.1) is 21.4 Å². The lowest BCUT2D eigenvalue weighted by Crippen LogP contribution is -2.34. The molecule has 0 spiro atoms. The number of benzene rings is 2. The van der Waals surface area contributed by atoms with Crippen LogP contribution in [0.1, 0.15) is 20.7 Å². The summed E-state index contributed by atoms with van der Waals surface area (Å²) in [5, 5.41) is 6.13. The van der Waals surface area contributed by atoms with Gasteiger partial charge < -0.3 is 22.1 Å². The zero-order valence-corrected chi connectivity index (χ0v) is 14.1. The summed E-state index contributed by atoms with van der Waals surface area (Å²) in [5.74, 6) is -0.605. The van der Waals surface area contributed by atoms with E-state index in [1.165, 1.54) is 12.1 Å². The molecule has 0 aliphatic heterocycles. The Morgan fingerprint density at radius 1 is 0.792 bits per heavy atom. The average molecular weight is 367 g/mol. The van der Waals surface area contributed by atoms with E-state index < -0.39 is 0 Å². The molecule has 0 aromatic heterocycles. The largest absolute Gasteiger partial charge is 0.398 e. The standard InChI is InChI=1S/C16H16Cl2N4O2/c17-11-3-1-9(7-13(11)19)15(23)21-5-6-22-16(24)10-2-4-12(18)14(20)8-10/h1-4,7-8H,5-6,19-20H2,(H,21,23)(H,22,24). The maximum Gasteiger partial charge on any atom is 0.251 e. The lowest BCUT2D eigenvalue weighted by atomic mass is 10.2. The summed E-state index contributed by atoms with van der Waals surface area (Å²) in [5.41, 5.74) is 12.8. The molecule has 2 aromatic rings. The Balaban J connectivity index is 1.81. The summed E-state index contributed by atoms with van der Waals surface area (Å²) in [7, 11) is 0. The number of nitrogens with two attached hydrogens (primary N) is 2. The number of hydrogen-bond donors (Lipinski definition) is 4. The maximum absolute atomic E-state index is 12.0. The number of anilines is 2. The molecule has 6 nitrogen and oxygen atoms in total. The molecule has 0 bridgehead atoms. The van der Waals surface area contributed by atoms with E-state index in [1.54, 1.807) is 24.3 Å². The topological polar surface area (TPSA) is 110 Å². The molecule has 6 N–H and O–H groups in total. The highest BCUT2D eigenvalue weighted by molar-refractivity contribution is 6.33. The average Bonchev–Trinajstić information content (AvgIpc) is 2.56. The molecule has 0 saturated heterocycles. The van der Waals surface area contributed by atoms with Crippen molar-refractivity contribution in [3.05, 3.63) is 57.6 Å². The van der Waals surface area contributed by atoms with Crippen LogP contribution >= 0.6 is 23.2 Å². The number of nitrogen functional groups attached to an aromatic ring is 2. The Bertz CT molecular complexity index is 715. The van der Waals surface area contributed by atoms with Gasteiger partial charge in [0.15, 0.2) is 0 Å². The van der Waals surface area contributed by atoms with Gasteiger partial charge in [-0.25, -0.2) is 0 Å². The van der Waals surface area contributed by atoms with Crippen LogP contribution in [0, 0.1) is 0 Å². The maximum atomic E-state index is 12.0. The molecule has 2 amide bonds. The van der Waals surface area contributed by atoms with Crippen LogP contribution in [0.4, 0.5) is 11.4 Å². The molecule has 0 heterocycles. The van der Waals surface area contributed by atoms with E-state index in [4.69, 9.17) is 34.7 Å². The zero-order valence-electron chi connectivity index (χ0n) is 12.6. The summed E-state index contributed by atoms with van der Waals surface area (Å²) in [4.78, 5) is 23.9. The molecule has 2 aromatic carbocycles. The summed E-state index contributed by atoms with van der Waals surface area (Å²) in [6.45, 7) is 0.520. The monoisotopic (exact) mass is 366 g/mol. The number of carbonyl (C=O) groups excluding carboxylic acids is 2. The third-order valence-electron chi connectivity index (χ3n) is 3.21. The summed E-state index contributed by atoms with van der Waals surface area (Å²) in [6, 6.07) is 9.24. The normalized spacial score (nSPS) is 10.2. The van der Waals surface area contributed by atoms with Crippen molar-refractivity contribution < 1.29 is 9.59 Å². The number of carbonyl (C=O) groups is 2. The SMILES string of the molecule is Nc1cc(C(=O)NCCNC(=O)c2ccc(Cl)c(N)c2)ccc1Cl. The lowest BCUT2D eigenvalue weighted by molar-refractivity contribution is 0.0928. The Morgan fingerprint density at radius 3 is 1.50 bits per heavy atom. The van der Waals surface area contributed by atoms with Crippen molar-refractivity contribution in [2.45, 2.75) is 0 Å². The van der Waals surface area contributed by atoms with Crippen LogP contribution in [0.3, 0.4) is 0 Å². The molecule has 8 heteroatoms. The molecule has 2 rings (SSSR count). The quantitative estimate of drug-likeness (QED) is 0.480. The van der Waals surface area contributed by atoms with Crippen molar-refractivity contribution in [2.75, 3.05) is 24.6 Å². The number of amides is 2. The number of rotatable bonds is 5. The van der Waals surface area contributed by atoms with Gasteiger partial charge in [0.2, 0.25) is 0 Å². The van der Waals surface area contributed by atoms with Crippen LogP contribution in [0.15, 0.2) is 36.4 Å². The molecular weight excluding hydrogens is 351 g/mol. The van der Waals surface area contributed by atoms with Gasteiger partial charge in [-0.1, -0.05) is 23.2 Å². The summed E-state index contributed by atoms with van der Waals surface area (Å²) < 4.78 is 0. The highest BCUT2D eigenvalue weighted by Crippen LogP contribution is 2.20. The molecule has 24 heavy (non-hydrogen) atoms. The van der Waals surface area contributed by atoms with E-state index in [-0.39, 0.29) is 24.9 Å². The predicted octanol–water partition coefficient (Wildman–Crippen LogP) is 2.32. The number of hydrogen-bond acceptors (Lipinski definition) is 4. The van der Waals surface area contributed by atoms with Gasteiger partial charge in [0.25, 0.3) is 11.8 Å². The fourth-order valence-electron chi connectivity index (χ4n) is 1.93. The zero-order chi connectivity index (χ0) is 17.7. The fraction of sp³-hybridized carbons (Fsp3) is 0.125. The van der Waals surface area contributed by atoms with Gasteiger partial charge in [-0.2, -0.15) is 0 Å². The van der Waals surface area contributed by atoms with Crippen LogP contribution < -0.4 is 22.1 Å². The van der Waals surface area contributed by atoms with Gasteiger partial charge in [0.1, 0.15) is 0 Å². The van der Waals surface area contributed by atoms with Crippen LogP contribution in [-0.2, 0) is 0 Å². The van der Waals surface area contributed by atoms with Crippen LogP contribution in [0.5, 0.6) is 0 Å². The van der Waals surface area contributed by atoms with Gasteiger partial charge in [0, 0.05) is 24.2 Å². The first kappa shape index (κ1) is 17.9. The smallest absolute Gasteiger partial charge is 0.251 e. The second kappa shape index (κ2) is 7.90. The van der Waals surface area contributed by atoms with Gasteiger partial charge in [-0.3, -0.25) is 9.59 Å². The summed E-state index contributed by atoms with van der Waals surface area (Å²) in [6.07, 6.45) is 0. The van der Waals surface area contributed by atoms with E-state index in [0.717, 1.165) is 0 Å². The van der Waals surface area contributed by atoms with Crippen molar-refractivity contribution in [3.8, 4) is 0 Å². The van der Waals surface area contributed by atoms with Crippen LogP contribution in [0.2, 0.25) is 10.0 Å². The molecule has 0 radical (unpaired) electrons. The van der Waals surface area contributed by atoms with E-state index in [2.05, 4.69) is 10.6 Å². The van der Waals surface area contributed by atoms with E-state index >= 15 is 0 Å². The van der Waals surface area contributed by atoms with Gasteiger partial charge in [-0.05, 0) is 36.4 Å². The third-order valence-corrected chi connectivity index (χ3v) is 3.90. The first-order valence-electron chi connectivity index (χ1n) is 7.05. The van der Waals surface area contributed by atoms with E-state index in [0.29, 0.717) is 32.5 Å². The van der Waals surface area contributed by atoms with E-state index in [1.807, 2.05) is 0 Å². The van der Waals surface area contributed by atoms with Crippen molar-refractivity contribution in [3.63, 3.8) is 0 Å². The fourth-order valence-corrected chi connectivity index (χ4v) is 2.16. The van der Waals surface area contributed by atoms with Crippen molar-refractivity contribution >= 4 is 46.4 Å². The Kier molecular flexibility index (Phi) is 5.89. The number of nitrogens with one attached hydrogen (secondary N) is 2. The third kappa shape index (κ3) is 4.53. The van der Waals surface area contributed by atoms with E-state index in [9.17, 15) is 9.59 Å². The Morgan fingerprint density at radius 2 is 1.17 bits per heavy atom. The number of halogens is 2. The molecule has 0 atom stereocenters. The van der Waals surface area contributed by atoms with Gasteiger partial charge in [-0.15, -0.1) is 0 Å². The Labute approximate surface area is 149 Å². The molecule has 126 valence electrons. The van der Waals surface area contributed by atoms with Crippen LogP contribution in [-0.4, -0.2) is 24.9 Å². The van der Waals surface area contributed by atoms with Crippen LogP contribution in [0.25, 0.3) is 0 Å². The first-order chi connectivity index (χ1) is 11.4. The van der Waals surface area contributed by atoms with Crippen molar-refractivity contribution in [1.82, 2.24) is 10.6 Å². The molecule has 0 fully saturated rings.